The SMILES string of the molecule is O=C(C=Cc1cccc(F)c1)N1CCC[C@@H]1CO. The molecule has 1 heterocycles. The molecule has 1 aromatic rings. The average molecular weight is 249 g/mol. The van der Waals surface area contributed by atoms with Gasteiger partial charge in [-0.1, -0.05) is 12.1 Å². The van der Waals surface area contributed by atoms with Gasteiger partial charge in [-0.15, -0.1) is 0 Å². The zero-order valence-corrected chi connectivity index (χ0v) is 10.1. The van der Waals surface area contributed by atoms with Gasteiger partial charge >= 0.3 is 0 Å². The monoisotopic (exact) mass is 249 g/mol. The summed E-state index contributed by atoms with van der Waals surface area (Å²) in [5.74, 6) is -0.449. The normalized spacial score (nSPS) is 19.7. The highest BCUT2D eigenvalue weighted by molar-refractivity contribution is 5.92. The van der Waals surface area contributed by atoms with E-state index in [0.717, 1.165) is 12.8 Å². The summed E-state index contributed by atoms with van der Waals surface area (Å²) in [5.41, 5.74) is 0.656. The summed E-state index contributed by atoms with van der Waals surface area (Å²) in [4.78, 5) is 13.6. The molecule has 1 N–H and O–H groups in total. The van der Waals surface area contributed by atoms with E-state index in [2.05, 4.69) is 0 Å². The quantitative estimate of drug-likeness (QED) is 0.830. The van der Waals surface area contributed by atoms with E-state index in [1.54, 1.807) is 23.1 Å². The number of amides is 1. The Bertz CT molecular complexity index is 459. The van der Waals surface area contributed by atoms with Crippen molar-refractivity contribution < 1.29 is 14.3 Å². The lowest BCUT2D eigenvalue weighted by atomic mass is 10.2. The van der Waals surface area contributed by atoms with E-state index >= 15 is 0 Å². The molecule has 0 bridgehead atoms. The predicted molar refractivity (Wildman–Crippen MR) is 67.3 cm³/mol. The third kappa shape index (κ3) is 2.96. The first-order valence-electron chi connectivity index (χ1n) is 6.06. The van der Waals surface area contributed by atoms with Crippen molar-refractivity contribution in [2.45, 2.75) is 18.9 Å². The van der Waals surface area contributed by atoms with Crippen LogP contribution in [0.15, 0.2) is 30.3 Å². The maximum atomic E-state index is 12.9. The Balaban J connectivity index is 2.02. The summed E-state index contributed by atoms with van der Waals surface area (Å²) in [6, 6.07) is 6.00. The number of likely N-dealkylation sites (tertiary alicyclic amines) is 1. The molecule has 0 saturated carbocycles. The zero-order chi connectivity index (χ0) is 13.0. The number of hydrogen-bond donors (Lipinski definition) is 1. The lowest BCUT2D eigenvalue weighted by molar-refractivity contribution is -0.127. The number of aliphatic hydroxyl groups is 1. The third-order valence-electron chi connectivity index (χ3n) is 3.14. The molecular formula is C14H16FNO2. The summed E-state index contributed by atoms with van der Waals surface area (Å²) in [6.07, 6.45) is 4.79. The fourth-order valence-corrected chi connectivity index (χ4v) is 2.19. The first kappa shape index (κ1) is 12.8. The molecule has 96 valence electrons. The second kappa shape index (κ2) is 5.78. The van der Waals surface area contributed by atoms with Crippen LogP contribution in [0.1, 0.15) is 18.4 Å². The number of carbonyl (C=O) groups excluding carboxylic acids is 1. The molecule has 1 atom stereocenters. The van der Waals surface area contributed by atoms with Gasteiger partial charge in [-0.25, -0.2) is 4.39 Å². The fourth-order valence-electron chi connectivity index (χ4n) is 2.19. The van der Waals surface area contributed by atoms with E-state index in [1.165, 1.54) is 18.2 Å². The highest BCUT2D eigenvalue weighted by Crippen LogP contribution is 2.17. The number of benzene rings is 1. The molecule has 1 aliphatic heterocycles. The van der Waals surface area contributed by atoms with Gasteiger partial charge in [0.15, 0.2) is 0 Å². The Morgan fingerprint density at radius 3 is 3.11 bits per heavy atom. The Morgan fingerprint density at radius 2 is 2.39 bits per heavy atom. The molecule has 4 heteroatoms. The minimum atomic E-state index is -0.320. The first-order valence-corrected chi connectivity index (χ1v) is 6.06. The smallest absolute Gasteiger partial charge is 0.246 e. The van der Waals surface area contributed by atoms with Gasteiger partial charge in [0.1, 0.15) is 5.82 Å². The molecule has 1 aromatic carbocycles. The van der Waals surface area contributed by atoms with Crippen molar-refractivity contribution in [3.05, 3.63) is 41.7 Å². The van der Waals surface area contributed by atoms with E-state index in [1.807, 2.05) is 0 Å². The van der Waals surface area contributed by atoms with Gasteiger partial charge in [-0.2, -0.15) is 0 Å². The molecule has 0 unspecified atom stereocenters. The van der Waals surface area contributed by atoms with Gasteiger partial charge in [0.05, 0.1) is 12.6 Å². The summed E-state index contributed by atoms with van der Waals surface area (Å²) < 4.78 is 12.9. The van der Waals surface area contributed by atoms with Gasteiger partial charge in [0, 0.05) is 12.6 Å². The maximum absolute atomic E-state index is 12.9. The van der Waals surface area contributed by atoms with Crippen molar-refractivity contribution >= 4 is 12.0 Å². The number of aliphatic hydroxyl groups excluding tert-OH is 1. The molecule has 0 aromatic heterocycles. The van der Waals surface area contributed by atoms with Crippen LogP contribution in [-0.2, 0) is 4.79 Å². The zero-order valence-electron chi connectivity index (χ0n) is 10.1. The second-order valence-electron chi connectivity index (χ2n) is 4.40. The largest absolute Gasteiger partial charge is 0.394 e. The number of halogens is 1. The van der Waals surface area contributed by atoms with Crippen LogP contribution in [0.5, 0.6) is 0 Å². The van der Waals surface area contributed by atoms with Crippen LogP contribution in [-0.4, -0.2) is 35.1 Å². The van der Waals surface area contributed by atoms with Crippen LogP contribution in [0.25, 0.3) is 6.08 Å². The standard InChI is InChI=1S/C14H16FNO2/c15-12-4-1-3-11(9-12)6-7-14(18)16-8-2-5-13(16)10-17/h1,3-4,6-7,9,13,17H,2,5,8,10H2/t13-/m1/s1. The van der Waals surface area contributed by atoms with Crippen molar-refractivity contribution in [1.82, 2.24) is 4.90 Å². The van der Waals surface area contributed by atoms with Gasteiger partial charge in [-0.3, -0.25) is 4.79 Å². The lowest BCUT2D eigenvalue weighted by Gasteiger charge is -2.21. The Labute approximate surface area is 106 Å². The van der Waals surface area contributed by atoms with Crippen LogP contribution in [0.4, 0.5) is 4.39 Å². The van der Waals surface area contributed by atoms with Gasteiger partial charge < -0.3 is 10.0 Å². The topological polar surface area (TPSA) is 40.5 Å². The summed E-state index contributed by atoms with van der Waals surface area (Å²) in [7, 11) is 0. The summed E-state index contributed by atoms with van der Waals surface area (Å²) in [5, 5.41) is 9.14. The van der Waals surface area contributed by atoms with Gasteiger partial charge in [0.2, 0.25) is 5.91 Å². The molecule has 2 rings (SSSR count). The minimum absolute atomic E-state index is 0.000451. The molecule has 1 amide bonds. The number of nitrogens with zero attached hydrogens (tertiary/aromatic N) is 1. The van der Waals surface area contributed by atoms with Crippen molar-refractivity contribution in [2.75, 3.05) is 13.2 Å². The highest BCUT2D eigenvalue weighted by atomic mass is 19.1. The number of rotatable bonds is 3. The number of hydrogen-bond acceptors (Lipinski definition) is 2. The van der Waals surface area contributed by atoms with Crippen LogP contribution < -0.4 is 0 Å². The van der Waals surface area contributed by atoms with E-state index in [4.69, 9.17) is 5.11 Å². The lowest BCUT2D eigenvalue weighted by Crippen LogP contribution is -2.36. The second-order valence-corrected chi connectivity index (χ2v) is 4.40. The van der Waals surface area contributed by atoms with Crippen molar-refractivity contribution in [3.8, 4) is 0 Å². The van der Waals surface area contributed by atoms with E-state index in [9.17, 15) is 9.18 Å². The Hall–Kier alpha value is -1.68. The summed E-state index contributed by atoms with van der Waals surface area (Å²) >= 11 is 0. The minimum Gasteiger partial charge on any atom is -0.394 e. The van der Waals surface area contributed by atoms with Gasteiger partial charge in [0.25, 0.3) is 0 Å². The molecule has 18 heavy (non-hydrogen) atoms. The van der Waals surface area contributed by atoms with Crippen molar-refractivity contribution in [1.29, 1.82) is 0 Å². The highest BCUT2D eigenvalue weighted by Gasteiger charge is 2.26. The third-order valence-corrected chi connectivity index (χ3v) is 3.14. The molecule has 0 aliphatic carbocycles. The summed E-state index contributed by atoms with van der Waals surface area (Å²) in [6.45, 7) is 0.678. The van der Waals surface area contributed by atoms with E-state index in [-0.39, 0.29) is 24.4 Å². The molecule has 1 saturated heterocycles. The predicted octanol–water partition coefficient (Wildman–Crippen LogP) is 1.82. The van der Waals surface area contributed by atoms with Crippen LogP contribution >= 0.6 is 0 Å². The maximum Gasteiger partial charge on any atom is 0.246 e. The molecule has 3 nitrogen and oxygen atoms in total. The number of carbonyl (C=O) groups is 1. The van der Waals surface area contributed by atoms with Crippen LogP contribution in [0, 0.1) is 5.82 Å². The average Bonchev–Trinajstić information content (AvgIpc) is 2.84. The molecule has 1 fully saturated rings. The van der Waals surface area contributed by atoms with Gasteiger partial charge in [-0.05, 0) is 36.6 Å². The van der Waals surface area contributed by atoms with Crippen molar-refractivity contribution in [2.24, 2.45) is 0 Å². The fraction of sp³-hybridized carbons (Fsp3) is 0.357. The van der Waals surface area contributed by atoms with Crippen LogP contribution in [0.3, 0.4) is 0 Å². The molecular weight excluding hydrogens is 233 g/mol. The van der Waals surface area contributed by atoms with E-state index in [0.29, 0.717) is 12.1 Å². The Morgan fingerprint density at radius 1 is 1.56 bits per heavy atom. The van der Waals surface area contributed by atoms with E-state index < -0.39 is 0 Å². The van der Waals surface area contributed by atoms with Crippen LogP contribution in [0.2, 0.25) is 0 Å². The molecule has 1 aliphatic rings. The molecule has 0 radical (unpaired) electrons. The molecule has 0 spiro atoms. The first-order chi connectivity index (χ1) is 8.70. The Kier molecular flexibility index (Phi) is 4.10. The van der Waals surface area contributed by atoms with Crippen molar-refractivity contribution in [3.63, 3.8) is 0 Å².